The van der Waals surface area contributed by atoms with E-state index in [0.29, 0.717) is 21.2 Å². The molecular formula is C22H22Cl2N2O4. The molecule has 0 radical (unpaired) electrons. The summed E-state index contributed by atoms with van der Waals surface area (Å²) in [5, 5.41) is 3.68. The van der Waals surface area contributed by atoms with Gasteiger partial charge in [0.25, 0.3) is 11.8 Å². The molecule has 0 spiro atoms. The van der Waals surface area contributed by atoms with Gasteiger partial charge in [0.1, 0.15) is 5.60 Å². The molecule has 0 aromatic heterocycles. The van der Waals surface area contributed by atoms with Gasteiger partial charge in [0.05, 0.1) is 23.7 Å². The molecule has 0 fully saturated rings. The molecule has 2 aromatic carbocycles. The molecule has 0 saturated carbocycles. The molecule has 3 amide bonds. The summed E-state index contributed by atoms with van der Waals surface area (Å²) in [5.41, 5.74) is 0.729. The number of fused-ring (bicyclic) bond motifs is 1. The van der Waals surface area contributed by atoms with Crippen LogP contribution in [0.4, 0.5) is 4.79 Å². The summed E-state index contributed by atoms with van der Waals surface area (Å²) >= 11 is 12.3. The van der Waals surface area contributed by atoms with Crippen LogP contribution in [0.1, 0.15) is 47.1 Å². The molecule has 0 bridgehead atoms. The average Bonchev–Trinajstić information content (AvgIpc) is 2.87. The van der Waals surface area contributed by atoms with Crippen LogP contribution in [0.3, 0.4) is 0 Å². The van der Waals surface area contributed by atoms with Gasteiger partial charge in [0, 0.05) is 10.0 Å². The highest BCUT2D eigenvalue weighted by molar-refractivity contribution is 6.35. The minimum atomic E-state index is -0.692. The Labute approximate surface area is 185 Å². The molecule has 0 saturated heterocycles. The minimum Gasteiger partial charge on any atom is -0.444 e. The van der Waals surface area contributed by atoms with Crippen LogP contribution in [-0.4, -0.2) is 41.0 Å². The summed E-state index contributed by atoms with van der Waals surface area (Å²) < 4.78 is 5.34. The second-order valence-corrected chi connectivity index (χ2v) is 8.89. The maximum Gasteiger partial charge on any atom is 0.407 e. The van der Waals surface area contributed by atoms with E-state index < -0.39 is 29.6 Å². The van der Waals surface area contributed by atoms with Gasteiger partial charge in [0.15, 0.2) is 0 Å². The lowest BCUT2D eigenvalue weighted by molar-refractivity contribution is 0.0468. The standard InChI is InChI=1S/C22H22Cl2N2O4/c1-22(2,3)30-21(29)25-15(10-13-8-9-14(23)11-18(13)24)12-26-19(27)16-6-4-5-7-17(16)20(26)28/h4-9,11,15H,10,12H2,1-3H3,(H,25,29)/t15-/m1/s1. The second-order valence-electron chi connectivity index (χ2n) is 8.05. The molecule has 1 aliphatic rings. The zero-order valence-electron chi connectivity index (χ0n) is 16.9. The van der Waals surface area contributed by atoms with Gasteiger partial charge in [-0.05, 0) is 57.0 Å². The predicted molar refractivity (Wildman–Crippen MR) is 115 cm³/mol. The van der Waals surface area contributed by atoms with Gasteiger partial charge in [-0.2, -0.15) is 0 Å². The van der Waals surface area contributed by atoms with Crippen LogP contribution in [0.25, 0.3) is 0 Å². The van der Waals surface area contributed by atoms with E-state index in [1.54, 1.807) is 63.2 Å². The molecule has 8 heteroatoms. The van der Waals surface area contributed by atoms with Crippen molar-refractivity contribution < 1.29 is 19.1 Å². The van der Waals surface area contributed by atoms with Crippen molar-refractivity contribution in [2.24, 2.45) is 0 Å². The first-order valence-electron chi connectivity index (χ1n) is 9.44. The molecule has 2 aromatic rings. The number of carbonyl (C=O) groups is 3. The summed E-state index contributed by atoms with van der Waals surface area (Å²) in [6.07, 6.45) is -0.364. The Morgan fingerprint density at radius 2 is 1.67 bits per heavy atom. The topological polar surface area (TPSA) is 75.7 Å². The summed E-state index contributed by atoms with van der Waals surface area (Å²) in [6, 6.07) is 11.1. The number of benzene rings is 2. The molecule has 1 heterocycles. The van der Waals surface area contributed by atoms with Crippen LogP contribution in [0, 0.1) is 0 Å². The number of amides is 3. The number of hydrogen-bond acceptors (Lipinski definition) is 4. The van der Waals surface area contributed by atoms with Crippen LogP contribution in [0.5, 0.6) is 0 Å². The third kappa shape index (κ3) is 5.12. The molecule has 1 atom stereocenters. The lowest BCUT2D eigenvalue weighted by Crippen LogP contribution is -2.48. The maximum atomic E-state index is 12.7. The monoisotopic (exact) mass is 448 g/mol. The zero-order valence-corrected chi connectivity index (χ0v) is 18.4. The fraction of sp³-hybridized carbons (Fsp3) is 0.318. The third-order valence-corrected chi connectivity index (χ3v) is 5.07. The Morgan fingerprint density at radius 1 is 1.07 bits per heavy atom. The van der Waals surface area contributed by atoms with Crippen molar-refractivity contribution >= 4 is 41.1 Å². The Bertz CT molecular complexity index is 966. The van der Waals surface area contributed by atoms with Crippen molar-refractivity contribution in [3.63, 3.8) is 0 Å². The van der Waals surface area contributed by atoms with Gasteiger partial charge in [-0.15, -0.1) is 0 Å². The zero-order chi connectivity index (χ0) is 22.1. The number of halogens is 2. The fourth-order valence-electron chi connectivity index (χ4n) is 3.21. The lowest BCUT2D eigenvalue weighted by atomic mass is 10.1. The van der Waals surface area contributed by atoms with Crippen molar-refractivity contribution in [1.29, 1.82) is 0 Å². The largest absolute Gasteiger partial charge is 0.444 e. The Morgan fingerprint density at radius 3 is 2.20 bits per heavy atom. The Hall–Kier alpha value is -2.57. The molecule has 6 nitrogen and oxygen atoms in total. The first-order valence-corrected chi connectivity index (χ1v) is 10.2. The van der Waals surface area contributed by atoms with Crippen LogP contribution >= 0.6 is 23.2 Å². The number of hydrogen-bond donors (Lipinski definition) is 1. The molecular weight excluding hydrogens is 427 g/mol. The van der Waals surface area contributed by atoms with Crippen molar-refractivity contribution in [2.45, 2.75) is 38.8 Å². The highest BCUT2D eigenvalue weighted by Crippen LogP contribution is 2.25. The molecule has 0 aliphatic carbocycles. The number of alkyl carbamates (subject to hydrolysis) is 1. The van der Waals surface area contributed by atoms with E-state index in [4.69, 9.17) is 27.9 Å². The fourth-order valence-corrected chi connectivity index (χ4v) is 3.70. The summed E-state index contributed by atoms with van der Waals surface area (Å²) in [6.45, 7) is 5.23. The van der Waals surface area contributed by atoms with E-state index in [1.807, 2.05) is 0 Å². The summed E-state index contributed by atoms with van der Waals surface area (Å²) in [5.74, 6) is -0.789. The van der Waals surface area contributed by atoms with Gasteiger partial charge in [-0.25, -0.2) is 4.79 Å². The van der Waals surface area contributed by atoms with E-state index in [0.717, 1.165) is 10.5 Å². The SMILES string of the molecule is CC(C)(C)OC(=O)N[C@H](Cc1ccc(Cl)cc1Cl)CN1C(=O)c2ccccc2C1=O. The third-order valence-electron chi connectivity index (χ3n) is 4.48. The molecule has 1 aliphatic heterocycles. The van der Waals surface area contributed by atoms with Crippen LogP contribution in [0.15, 0.2) is 42.5 Å². The number of nitrogens with one attached hydrogen (secondary N) is 1. The van der Waals surface area contributed by atoms with Gasteiger partial charge in [-0.3, -0.25) is 14.5 Å². The quantitative estimate of drug-likeness (QED) is 0.670. The number of imide groups is 1. The molecule has 3 rings (SSSR count). The number of nitrogens with zero attached hydrogens (tertiary/aromatic N) is 1. The van der Waals surface area contributed by atoms with Crippen molar-refractivity contribution in [3.8, 4) is 0 Å². The van der Waals surface area contributed by atoms with Crippen LogP contribution in [-0.2, 0) is 11.2 Å². The minimum absolute atomic E-state index is 0.0233. The van der Waals surface area contributed by atoms with E-state index >= 15 is 0 Å². The number of carbonyl (C=O) groups excluding carboxylic acids is 3. The van der Waals surface area contributed by atoms with Crippen molar-refractivity contribution in [2.75, 3.05) is 6.54 Å². The first kappa shape index (κ1) is 22.1. The number of rotatable bonds is 5. The van der Waals surface area contributed by atoms with Gasteiger partial charge in [-0.1, -0.05) is 41.4 Å². The van der Waals surface area contributed by atoms with Gasteiger partial charge < -0.3 is 10.1 Å². The summed E-state index contributed by atoms with van der Waals surface area (Å²) in [7, 11) is 0. The first-order chi connectivity index (χ1) is 14.0. The van der Waals surface area contributed by atoms with Crippen LogP contribution in [0.2, 0.25) is 10.0 Å². The van der Waals surface area contributed by atoms with E-state index in [1.165, 1.54) is 0 Å². The molecule has 158 valence electrons. The van der Waals surface area contributed by atoms with Crippen molar-refractivity contribution in [3.05, 3.63) is 69.2 Å². The lowest BCUT2D eigenvalue weighted by Gasteiger charge is -2.26. The average molecular weight is 449 g/mol. The highest BCUT2D eigenvalue weighted by Gasteiger charge is 2.37. The Kier molecular flexibility index (Phi) is 6.38. The van der Waals surface area contributed by atoms with Crippen molar-refractivity contribution in [1.82, 2.24) is 10.2 Å². The number of ether oxygens (including phenoxy) is 1. The smallest absolute Gasteiger partial charge is 0.407 e. The van der Waals surface area contributed by atoms with E-state index in [9.17, 15) is 14.4 Å². The normalized spacial score (nSPS) is 14.5. The highest BCUT2D eigenvalue weighted by atomic mass is 35.5. The van der Waals surface area contributed by atoms with E-state index in [-0.39, 0.29) is 13.0 Å². The summed E-state index contributed by atoms with van der Waals surface area (Å²) in [4.78, 5) is 39.0. The van der Waals surface area contributed by atoms with Gasteiger partial charge in [0.2, 0.25) is 0 Å². The van der Waals surface area contributed by atoms with Crippen LogP contribution < -0.4 is 5.32 Å². The van der Waals surface area contributed by atoms with E-state index in [2.05, 4.69) is 5.32 Å². The predicted octanol–water partition coefficient (Wildman–Crippen LogP) is 4.73. The molecule has 30 heavy (non-hydrogen) atoms. The maximum absolute atomic E-state index is 12.7. The second kappa shape index (κ2) is 8.66. The van der Waals surface area contributed by atoms with Gasteiger partial charge >= 0.3 is 6.09 Å². The molecule has 1 N–H and O–H groups in total. The molecule has 0 unspecified atom stereocenters. The Balaban J connectivity index is 1.83.